The quantitative estimate of drug-likeness (QED) is 0.732. The van der Waals surface area contributed by atoms with Crippen LogP contribution in [0.5, 0.6) is 5.75 Å². The van der Waals surface area contributed by atoms with Crippen molar-refractivity contribution >= 4 is 41.9 Å². The molecule has 1 N–H and O–H groups in total. The van der Waals surface area contributed by atoms with Crippen LogP contribution in [0.2, 0.25) is 0 Å². The maximum absolute atomic E-state index is 12.2. The molecule has 0 aliphatic rings. The topological polar surface area (TPSA) is 55.4 Å². The number of nitrogens with one attached hydrogen (secondary N) is 1. The lowest BCUT2D eigenvalue weighted by atomic mass is 10.1. The predicted octanol–water partition coefficient (Wildman–Crippen LogP) is 3.74. The second-order valence-electron chi connectivity index (χ2n) is 4.56. The van der Waals surface area contributed by atoms with Gasteiger partial charge in [-0.2, -0.15) is 0 Å². The summed E-state index contributed by atoms with van der Waals surface area (Å²) in [6.07, 6.45) is 0.540. The van der Waals surface area contributed by atoms with Crippen LogP contribution in [0.15, 0.2) is 56.3 Å². The van der Waals surface area contributed by atoms with Crippen molar-refractivity contribution in [1.29, 1.82) is 0 Å². The summed E-state index contributed by atoms with van der Waals surface area (Å²) >= 11 is 6.69. The lowest BCUT2D eigenvalue weighted by molar-refractivity contribution is 0.409. The molecule has 0 atom stereocenters. The Bertz CT molecular complexity index is 746. The lowest BCUT2D eigenvalue weighted by Gasteiger charge is -2.10. The van der Waals surface area contributed by atoms with Crippen molar-refractivity contribution in [2.24, 2.45) is 0 Å². The molecular formula is C15H15Br2NO3S. The Morgan fingerprint density at radius 2 is 1.68 bits per heavy atom. The van der Waals surface area contributed by atoms with Gasteiger partial charge in [0.15, 0.2) is 0 Å². The van der Waals surface area contributed by atoms with E-state index in [1.165, 1.54) is 0 Å². The largest absolute Gasteiger partial charge is 0.496 e. The summed E-state index contributed by atoms with van der Waals surface area (Å²) in [5, 5.41) is 0. The highest BCUT2D eigenvalue weighted by atomic mass is 79.9. The monoisotopic (exact) mass is 447 g/mol. The molecule has 0 amide bonds. The highest BCUT2D eigenvalue weighted by Gasteiger charge is 2.13. The van der Waals surface area contributed by atoms with Crippen molar-refractivity contribution in [1.82, 2.24) is 4.72 Å². The number of rotatable bonds is 6. The van der Waals surface area contributed by atoms with E-state index in [4.69, 9.17) is 4.74 Å². The first-order valence-electron chi connectivity index (χ1n) is 6.50. The zero-order valence-electron chi connectivity index (χ0n) is 11.8. The zero-order chi connectivity index (χ0) is 16.2. The molecule has 0 aromatic heterocycles. The molecule has 4 nitrogen and oxygen atoms in total. The average Bonchev–Trinajstić information content (AvgIpc) is 2.48. The van der Waals surface area contributed by atoms with Gasteiger partial charge < -0.3 is 4.74 Å². The summed E-state index contributed by atoms with van der Waals surface area (Å²) in [5.74, 6) is 0.742. The van der Waals surface area contributed by atoms with Crippen LogP contribution in [0.25, 0.3) is 0 Å². The fourth-order valence-corrected chi connectivity index (χ4v) is 3.66. The first-order valence-corrected chi connectivity index (χ1v) is 9.57. The Morgan fingerprint density at radius 1 is 1.05 bits per heavy atom. The molecule has 0 saturated carbocycles. The van der Waals surface area contributed by atoms with Gasteiger partial charge in [-0.3, -0.25) is 0 Å². The molecule has 0 bridgehead atoms. The van der Waals surface area contributed by atoms with Gasteiger partial charge in [-0.1, -0.05) is 31.9 Å². The van der Waals surface area contributed by atoms with Crippen molar-refractivity contribution in [2.45, 2.75) is 11.3 Å². The van der Waals surface area contributed by atoms with Crippen molar-refractivity contribution in [3.8, 4) is 5.75 Å². The highest BCUT2D eigenvalue weighted by Crippen LogP contribution is 2.23. The standard InChI is InChI=1S/C15H15Br2NO3S/c1-21-15-7-4-13(17)10-11(15)8-9-18-22(19,20)14-5-2-12(16)3-6-14/h2-7,10,18H,8-9H2,1H3. The number of methoxy groups -OCH3 is 1. The minimum atomic E-state index is -3.50. The fourth-order valence-electron chi connectivity index (χ4n) is 1.96. The summed E-state index contributed by atoms with van der Waals surface area (Å²) in [6.45, 7) is 0.297. The lowest BCUT2D eigenvalue weighted by Crippen LogP contribution is -2.26. The Kier molecular flexibility index (Phi) is 6.02. The molecule has 0 heterocycles. The molecule has 0 spiro atoms. The average molecular weight is 449 g/mol. The Balaban J connectivity index is 2.04. The van der Waals surface area contributed by atoms with Gasteiger partial charge in [0.25, 0.3) is 0 Å². The van der Waals surface area contributed by atoms with E-state index < -0.39 is 10.0 Å². The summed E-state index contributed by atoms with van der Waals surface area (Å²) in [5.41, 5.74) is 0.940. The molecule has 2 aromatic rings. The predicted molar refractivity (Wildman–Crippen MR) is 93.7 cm³/mol. The smallest absolute Gasteiger partial charge is 0.240 e. The fraction of sp³-hybridized carbons (Fsp3) is 0.200. The maximum atomic E-state index is 12.2. The van der Waals surface area contributed by atoms with Crippen LogP contribution in [0.4, 0.5) is 0 Å². The van der Waals surface area contributed by atoms with E-state index in [1.807, 2.05) is 18.2 Å². The molecule has 0 unspecified atom stereocenters. The first kappa shape index (κ1) is 17.5. The van der Waals surface area contributed by atoms with Gasteiger partial charge in [-0.05, 0) is 54.4 Å². The number of hydrogen-bond donors (Lipinski definition) is 1. The number of ether oxygens (including phenoxy) is 1. The zero-order valence-corrected chi connectivity index (χ0v) is 15.8. The molecule has 0 fully saturated rings. The highest BCUT2D eigenvalue weighted by molar-refractivity contribution is 9.10. The van der Waals surface area contributed by atoms with E-state index in [0.717, 1.165) is 20.3 Å². The molecule has 2 rings (SSSR count). The van der Waals surface area contributed by atoms with E-state index in [1.54, 1.807) is 31.4 Å². The van der Waals surface area contributed by atoms with Crippen LogP contribution in [0.1, 0.15) is 5.56 Å². The Labute approximate surface area is 147 Å². The molecule has 0 aliphatic carbocycles. The molecule has 22 heavy (non-hydrogen) atoms. The van der Waals surface area contributed by atoms with Gasteiger partial charge in [-0.15, -0.1) is 0 Å². The van der Waals surface area contributed by atoms with Crippen LogP contribution >= 0.6 is 31.9 Å². The number of sulfonamides is 1. The van der Waals surface area contributed by atoms with Gasteiger partial charge in [0.1, 0.15) is 5.75 Å². The second-order valence-corrected chi connectivity index (χ2v) is 8.16. The van der Waals surface area contributed by atoms with Gasteiger partial charge >= 0.3 is 0 Å². The van der Waals surface area contributed by atoms with Gasteiger partial charge in [0.2, 0.25) is 10.0 Å². The Hall–Kier alpha value is -0.890. The van der Waals surface area contributed by atoms with E-state index >= 15 is 0 Å². The van der Waals surface area contributed by atoms with Crippen LogP contribution in [0.3, 0.4) is 0 Å². The Morgan fingerprint density at radius 3 is 2.32 bits per heavy atom. The van der Waals surface area contributed by atoms with E-state index in [-0.39, 0.29) is 4.90 Å². The SMILES string of the molecule is COc1ccc(Br)cc1CCNS(=O)(=O)c1ccc(Br)cc1. The molecule has 0 saturated heterocycles. The molecular weight excluding hydrogens is 434 g/mol. The summed E-state index contributed by atoms with van der Waals surface area (Å²) < 4.78 is 34.0. The van der Waals surface area contributed by atoms with Gasteiger partial charge in [0, 0.05) is 15.5 Å². The second kappa shape index (κ2) is 7.59. The van der Waals surface area contributed by atoms with Crippen molar-refractivity contribution in [3.05, 3.63) is 57.0 Å². The van der Waals surface area contributed by atoms with Crippen LogP contribution in [-0.2, 0) is 16.4 Å². The number of halogens is 2. The summed E-state index contributed by atoms with van der Waals surface area (Å²) in [4.78, 5) is 0.247. The van der Waals surface area contributed by atoms with Gasteiger partial charge in [0.05, 0.1) is 12.0 Å². The first-order chi connectivity index (χ1) is 10.4. The van der Waals surface area contributed by atoms with Crippen molar-refractivity contribution in [2.75, 3.05) is 13.7 Å². The minimum Gasteiger partial charge on any atom is -0.496 e. The van der Waals surface area contributed by atoms with Gasteiger partial charge in [-0.25, -0.2) is 13.1 Å². The molecule has 2 aromatic carbocycles. The molecule has 118 valence electrons. The third-order valence-electron chi connectivity index (χ3n) is 3.05. The van der Waals surface area contributed by atoms with Crippen molar-refractivity contribution < 1.29 is 13.2 Å². The van der Waals surface area contributed by atoms with E-state index in [0.29, 0.717) is 13.0 Å². The summed E-state index contributed by atoms with van der Waals surface area (Å²) in [6, 6.07) is 12.2. The molecule has 0 aliphatic heterocycles. The van der Waals surface area contributed by atoms with E-state index in [9.17, 15) is 8.42 Å². The molecule has 7 heteroatoms. The summed E-state index contributed by atoms with van der Waals surface area (Å²) in [7, 11) is -1.90. The maximum Gasteiger partial charge on any atom is 0.240 e. The normalized spacial score (nSPS) is 11.4. The van der Waals surface area contributed by atoms with Crippen molar-refractivity contribution in [3.63, 3.8) is 0 Å². The number of benzene rings is 2. The third kappa shape index (κ3) is 4.55. The molecule has 0 radical (unpaired) electrons. The van der Waals surface area contributed by atoms with Crippen LogP contribution in [0, 0.1) is 0 Å². The van der Waals surface area contributed by atoms with Crippen LogP contribution < -0.4 is 9.46 Å². The van der Waals surface area contributed by atoms with Crippen LogP contribution in [-0.4, -0.2) is 22.1 Å². The minimum absolute atomic E-state index is 0.247. The third-order valence-corrected chi connectivity index (χ3v) is 5.55. The van der Waals surface area contributed by atoms with E-state index in [2.05, 4.69) is 36.6 Å². The number of hydrogen-bond acceptors (Lipinski definition) is 3.